The minimum atomic E-state index is 0.677. The van der Waals surface area contributed by atoms with E-state index >= 15 is 0 Å². The summed E-state index contributed by atoms with van der Waals surface area (Å²) in [5.41, 5.74) is 1.36. The monoisotopic (exact) mass is 269 g/mol. The van der Waals surface area contributed by atoms with Crippen molar-refractivity contribution in [2.24, 2.45) is 0 Å². The lowest BCUT2D eigenvalue weighted by molar-refractivity contribution is 0.332. The van der Waals surface area contributed by atoms with Crippen molar-refractivity contribution in [3.63, 3.8) is 0 Å². The predicted molar refractivity (Wildman–Crippen MR) is 65.6 cm³/mol. The summed E-state index contributed by atoms with van der Waals surface area (Å²) in [5.74, 6) is 0.929. The Labute approximate surface area is 99.4 Å². The zero-order valence-corrected chi connectivity index (χ0v) is 10.5. The molecule has 1 fully saturated rings. The zero-order valence-electron chi connectivity index (χ0n) is 8.95. The van der Waals surface area contributed by atoms with Crippen molar-refractivity contribution in [2.45, 2.75) is 17.8 Å². The average Bonchev–Trinajstić information content (AvgIpc) is 2.65. The van der Waals surface area contributed by atoms with Gasteiger partial charge in [-0.3, -0.25) is 4.90 Å². The molecule has 0 saturated carbocycles. The van der Waals surface area contributed by atoms with Gasteiger partial charge in [0.2, 0.25) is 0 Å². The normalized spacial score (nSPS) is 21.9. The van der Waals surface area contributed by atoms with E-state index in [-0.39, 0.29) is 0 Å². The summed E-state index contributed by atoms with van der Waals surface area (Å²) in [5, 5.41) is 0. The van der Waals surface area contributed by atoms with Crippen molar-refractivity contribution < 1.29 is 4.74 Å². The third kappa shape index (κ3) is 2.95. The maximum absolute atomic E-state index is 5.14. The first-order valence-electron chi connectivity index (χ1n) is 5.27. The van der Waals surface area contributed by atoms with Gasteiger partial charge in [-0.1, -0.05) is 28.1 Å². The Morgan fingerprint density at radius 2 is 2.13 bits per heavy atom. The van der Waals surface area contributed by atoms with Crippen LogP contribution in [0.2, 0.25) is 0 Å². The number of hydrogen-bond acceptors (Lipinski definition) is 2. The Bertz CT molecular complexity index is 312. The Kier molecular flexibility index (Phi) is 3.65. The minimum absolute atomic E-state index is 0.677. The van der Waals surface area contributed by atoms with E-state index in [2.05, 4.69) is 33.0 Å². The predicted octanol–water partition coefficient (Wildman–Crippen LogP) is 2.66. The van der Waals surface area contributed by atoms with Crippen LogP contribution in [0, 0.1) is 0 Å². The molecule has 1 heterocycles. The van der Waals surface area contributed by atoms with Gasteiger partial charge in [-0.2, -0.15) is 0 Å². The molecule has 1 unspecified atom stereocenters. The molecule has 0 radical (unpaired) electrons. The number of methoxy groups -OCH3 is 1. The molecule has 0 amide bonds. The first-order valence-corrected chi connectivity index (χ1v) is 6.19. The van der Waals surface area contributed by atoms with Crippen LogP contribution in [-0.2, 0) is 6.54 Å². The summed E-state index contributed by atoms with van der Waals surface area (Å²) < 4.78 is 5.14. The Morgan fingerprint density at radius 1 is 1.40 bits per heavy atom. The van der Waals surface area contributed by atoms with E-state index in [9.17, 15) is 0 Å². The smallest absolute Gasteiger partial charge is 0.118 e. The number of nitrogens with zero attached hydrogens (tertiary/aromatic N) is 1. The van der Waals surface area contributed by atoms with Gasteiger partial charge in [0.05, 0.1) is 7.11 Å². The van der Waals surface area contributed by atoms with Crippen molar-refractivity contribution >= 4 is 15.9 Å². The van der Waals surface area contributed by atoms with Gasteiger partial charge in [-0.05, 0) is 30.7 Å². The van der Waals surface area contributed by atoms with Crippen LogP contribution in [-0.4, -0.2) is 29.9 Å². The molecule has 1 atom stereocenters. The van der Waals surface area contributed by atoms with Crippen LogP contribution in [0.3, 0.4) is 0 Å². The molecule has 0 spiro atoms. The number of ether oxygens (including phenoxy) is 1. The summed E-state index contributed by atoms with van der Waals surface area (Å²) in [6, 6.07) is 8.33. The highest BCUT2D eigenvalue weighted by molar-refractivity contribution is 9.09. The molecule has 0 aromatic heterocycles. The molecule has 0 bridgehead atoms. The van der Waals surface area contributed by atoms with E-state index < -0.39 is 0 Å². The third-order valence-corrected chi connectivity index (χ3v) is 3.53. The summed E-state index contributed by atoms with van der Waals surface area (Å²) in [6.45, 7) is 3.40. The first-order chi connectivity index (χ1) is 7.28. The molecule has 1 aromatic rings. The van der Waals surface area contributed by atoms with Crippen LogP contribution in [0.15, 0.2) is 24.3 Å². The Morgan fingerprint density at radius 3 is 2.67 bits per heavy atom. The van der Waals surface area contributed by atoms with Crippen LogP contribution < -0.4 is 4.74 Å². The van der Waals surface area contributed by atoms with Gasteiger partial charge in [-0.25, -0.2) is 0 Å². The lowest BCUT2D eigenvalue weighted by atomic mass is 10.2. The van der Waals surface area contributed by atoms with Crippen molar-refractivity contribution in [1.82, 2.24) is 4.90 Å². The van der Waals surface area contributed by atoms with E-state index in [1.165, 1.54) is 18.5 Å². The van der Waals surface area contributed by atoms with Crippen LogP contribution in [0.4, 0.5) is 0 Å². The van der Waals surface area contributed by atoms with E-state index in [1.54, 1.807) is 7.11 Å². The Balaban J connectivity index is 1.93. The summed E-state index contributed by atoms with van der Waals surface area (Å²) in [6.07, 6.45) is 1.26. The fourth-order valence-corrected chi connectivity index (χ4v) is 2.53. The van der Waals surface area contributed by atoms with Crippen molar-refractivity contribution in [3.8, 4) is 5.75 Å². The molecular weight excluding hydrogens is 254 g/mol. The molecule has 2 rings (SSSR count). The first kappa shape index (κ1) is 11.0. The molecule has 1 aliphatic heterocycles. The number of alkyl halides is 1. The van der Waals surface area contributed by atoms with Gasteiger partial charge < -0.3 is 4.74 Å². The van der Waals surface area contributed by atoms with Gasteiger partial charge in [0, 0.05) is 17.9 Å². The van der Waals surface area contributed by atoms with Gasteiger partial charge in [0.15, 0.2) is 0 Å². The van der Waals surface area contributed by atoms with E-state index in [1.807, 2.05) is 12.1 Å². The van der Waals surface area contributed by atoms with Gasteiger partial charge in [0.25, 0.3) is 0 Å². The summed E-state index contributed by atoms with van der Waals surface area (Å²) in [4.78, 5) is 3.15. The number of halogens is 1. The van der Waals surface area contributed by atoms with Gasteiger partial charge in [0.1, 0.15) is 5.75 Å². The highest BCUT2D eigenvalue weighted by Gasteiger charge is 2.19. The van der Waals surface area contributed by atoms with Crippen LogP contribution >= 0.6 is 15.9 Å². The minimum Gasteiger partial charge on any atom is -0.497 e. The molecule has 1 aliphatic rings. The highest BCUT2D eigenvalue weighted by Crippen LogP contribution is 2.19. The fraction of sp³-hybridized carbons (Fsp3) is 0.500. The van der Waals surface area contributed by atoms with Crippen LogP contribution in [0.25, 0.3) is 0 Å². The van der Waals surface area contributed by atoms with E-state index in [4.69, 9.17) is 4.74 Å². The van der Waals surface area contributed by atoms with Crippen LogP contribution in [0.5, 0.6) is 5.75 Å². The number of rotatable bonds is 3. The van der Waals surface area contributed by atoms with Crippen molar-refractivity contribution in [3.05, 3.63) is 29.8 Å². The van der Waals surface area contributed by atoms with E-state index in [0.29, 0.717) is 4.83 Å². The standard InChI is InChI=1S/C12H16BrNO/c1-15-12-4-2-10(3-5-12)8-14-7-6-11(13)9-14/h2-5,11H,6-9H2,1H3. The molecule has 3 heteroatoms. The molecule has 2 nitrogen and oxygen atoms in total. The Hall–Kier alpha value is -0.540. The van der Waals surface area contributed by atoms with E-state index in [0.717, 1.165) is 18.8 Å². The SMILES string of the molecule is COc1ccc(CN2CCC(Br)C2)cc1. The second-order valence-electron chi connectivity index (χ2n) is 3.97. The molecule has 15 heavy (non-hydrogen) atoms. The lowest BCUT2D eigenvalue weighted by Gasteiger charge is -2.14. The second kappa shape index (κ2) is 4.99. The lowest BCUT2D eigenvalue weighted by Crippen LogP contribution is -2.19. The third-order valence-electron chi connectivity index (χ3n) is 2.78. The number of likely N-dealkylation sites (tertiary alicyclic amines) is 1. The summed E-state index contributed by atoms with van der Waals surface area (Å²) >= 11 is 3.65. The van der Waals surface area contributed by atoms with Crippen molar-refractivity contribution in [1.29, 1.82) is 0 Å². The fourth-order valence-electron chi connectivity index (χ4n) is 1.92. The maximum atomic E-state index is 5.14. The van der Waals surface area contributed by atoms with Gasteiger partial charge in [-0.15, -0.1) is 0 Å². The largest absolute Gasteiger partial charge is 0.497 e. The number of benzene rings is 1. The molecule has 82 valence electrons. The molecule has 0 aliphatic carbocycles. The topological polar surface area (TPSA) is 12.5 Å². The second-order valence-corrected chi connectivity index (χ2v) is 5.26. The van der Waals surface area contributed by atoms with Gasteiger partial charge >= 0.3 is 0 Å². The molecular formula is C12H16BrNO. The van der Waals surface area contributed by atoms with Crippen molar-refractivity contribution in [2.75, 3.05) is 20.2 Å². The maximum Gasteiger partial charge on any atom is 0.118 e. The molecule has 1 saturated heterocycles. The summed E-state index contributed by atoms with van der Waals surface area (Å²) in [7, 11) is 1.70. The zero-order chi connectivity index (χ0) is 10.7. The highest BCUT2D eigenvalue weighted by atomic mass is 79.9. The molecule has 0 N–H and O–H groups in total. The molecule has 1 aromatic carbocycles. The average molecular weight is 270 g/mol. The van der Waals surface area contributed by atoms with Crippen LogP contribution in [0.1, 0.15) is 12.0 Å². The number of hydrogen-bond donors (Lipinski definition) is 0. The quantitative estimate of drug-likeness (QED) is 0.783.